The van der Waals surface area contributed by atoms with Crippen LogP contribution in [0.5, 0.6) is 5.75 Å². The maximum atomic E-state index is 12.2. The number of hydrogen-bond acceptors (Lipinski definition) is 5. The Morgan fingerprint density at radius 1 is 1.35 bits per heavy atom. The Balaban J connectivity index is 1.88. The van der Waals surface area contributed by atoms with Crippen LogP contribution in [-0.4, -0.2) is 43.8 Å². The number of benzene rings is 1. The molecule has 0 unspecified atom stereocenters. The maximum Gasteiger partial charge on any atom is 0.414 e. The van der Waals surface area contributed by atoms with Crippen LogP contribution in [0, 0.1) is 0 Å². The monoisotopic (exact) mass is 336 g/mol. The van der Waals surface area contributed by atoms with Crippen molar-refractivity contribution in [3.05, 3.63) is 30.3 Å². The van der Waals surface area contributed by atoms with E-state index in [-0.39, 0.29) is 17.7 Å². The van der Waals surface area contributed by atoms with E-state index in [1.54, 1.807) is 44.2 Å². The Morgan fingerprint density at radius 2 is 2.00 bits per heavy atom. The van der Waals surface area contributed by atoms with E-state index < -0.39 is 22.5 Å². The lowest BCUT2D eigenvalue weighted by atomic mass is 9.90. The number of β-lactam (4-membered cyclic amide) rings is 1. The first-order valence-corrected chi connectivity index (χ1v) is 7.94. The third-order valence-electron chi connectivity index (χ3n) is 4.12. The van der Waals surface area contributed by atoms with Gasteiger partial charge in [0.2, 0.25) is 11.6 Å². The second kappa shape index (κ2) is 5.16. The van der Waals surface area contributed by atoms with Crippen LogP contribution < -0.4 is 10.1 Å². The number of rotatable bonds is 3. The van der Waals surface area contributed by atoms with Gasteiger partial charge in [-0.1, -0.05) is 18.2 Å². The van der Waals surface area contributed by atoms with Crippen LogP contribution in [0.1, 0.15) is 20.3 Å². The van der Waals surface area contributed by atoms with Gasteiger partial charge in [-0.25, -0.2) is 9.59 Å². The standard InChI is InChI=1S/C15H16N2O5S/c1-14(2)15(12(19)20,17-10(18)8-11(17)23-14)16-13(21)22-9-6-4-3-5-7-9/h3-7,11H,8H2,1-2H3,(H,16,21)(H,19,20)/t11-,15+/m1/s1. The van der Waals surface area contributed by atoms with Gasteiger partial charge in [0, 0.05) is 0 Å². The zero-order valence-corrected chi connectivity index (χ0v) is 13.4. The number of carboxylic acid groups (broad SMARTS) is 1. The minimum absolute atomic E-state index is 0.245. The molecule has 0 radical (unpaired) electrons. The predicted molar refractivity (Wildman–Crippen MR) is 82.9 cm³/mol. The van der Waals surface area contributed by atoms with Crippen molar-refractivity contribution in [2.45, 2.75) is 36.1 Å². The molecule has 0 spiro atoms. The summed E-state index contributed by atoms with van der Waals surface area (Å²) in [6.07, 6.45) is -0.633. The van der Waals surface area contributed by atoms with Crippen LogP contribution in [0.3, 0.4) is 0 Å². The quantitative estimate of drug-likeness (QED) is 0.815. The number of thioether (sulfide) groups is 1. The molecule has 2 aliphatic rings. The normalized spacial score (nSPS) is 27.8. The minimum Gasteiger partial charge on any atom is -0.478 e. The fraction of sp³-hybridized carbons (Fsp3) is 0.400. The first-order valence-electron chi connectivity index (χ1n) is 7.06. The summed E-state index contributed by atoms with van der Waals surface area (Å²) >= 11 is 1.36. The molecule has 0 aliphatic carbocycles. The zero-order chi connectivity index (χ0) is 16.8. The summed E-state index contributed by atoms with van der Waals surface area (Å²) in [6, 6.07) is 8.32. The molecule has 0 aromatic heterocycles. The van der Waals surface area contributed by atoms with E-state index in [2.05, 4.69) is 5.32 Å². The van der Waals surface area contributed by atoms with Crippen molar-refractivity contribution < 1.29 is 24.2 Å². The van der Waals surface area contributed by atoms with E-state index in [1.807, 2.05) is 0 Å². The van der Waals surface area contributed by atoms with Crippen molar-refractivity contribution in [3.63, 3.8) is 0 Å². The molecule has 2 saturated heterocycles. The first kappa shape index (κ1) is 15.7. The van der Waals surface area contributed by atoms with Gasteiger partial charge in [0.15, 0.2) is 0 Å². The van der Waals surface area contributed by atoms with Crippen LogP contribution >= 0.6 is 11.8 Å². The van der Waals surface area contributed by atoms with E-state index in [1.165, 1.54) is 16.7 Å². The van der Waals surface area contributed by atoms with Crippen molar-refractivity contribution in [2.24, 2.45) is 0 Å². The highest BCUT2D eigenvalue weighted by atomic mass is 32.2. The lowest BCUT2D eigenvalue weighted by Gasteiger charge is -2.45. The van der Waals surface area contributed by atoms with Crippen LogP contribution in [0.2, 0.25) is 0 Å². The van der Waals surface area contributed by atoms with Gasteiger partial charge in [-0.15, -0.1) is 11.8 Å². The van der Waals surface area contributed by atoms with E-state index in [0.717, 1.165) is 0 Å². The topological polar surface area (TPSA) is 95.9 Å². The first-order chi connectivity index (χ1) is 10.8. The summed E-state index contributed by atoms with van der Waals surface area (Å²) in [5, 5.41) is 11.9. The largest absolute Gasteiger partial charge is 0.478 e. The summed E-state index contributed by atoms with van der Waals surface area (Å²) in [5.74, 6) is -1.29. The Bertz CT molecular complexity index is 678. The van der Waals surface area contributed by atoms with Gasteiger partial charge in [-0.3, -0.25) is 15.0 Å². The molecule has 0 saturated carbocycles. The molecule has 2 heterocycles. The fourth-order valence-corrected chi connectivity index (χ4v) is 4.69. The highest BCUT2D eigenvalue weighted by Gasteiger charge is 2.70. The van der Waals surface area contributed by atoms with Crippen LogP contribution in [0.25, 0.3) is 0 Å². The molecule has 1 aromatic rings. The Morgan fingerprint density at radius 3 is 2.57 bits per heavy atom. The van der Waals surface area contributed by atoms with Crippen LogP contribution in [0.4, 0.5) is 4.79 Å². The Hall–Kier alpha value is -2.22. The third kappa shape index (κ3) is 2.24. The van der Waals surface area contributed by atoms with Gasteiger partial charge in [0.05, 0.1) is 16.5 Å². The molecule has 2 amide bonds. The van der Waals surface area contributed by atoms with E-state index in [0.29, 0.717) is 5.75 Å². The van der Waals surface area contributed by atoms with Crippen molar-refractivity contribution in [1.82, 2.24) is 10.2 Å². The van der Waals surface area contributed by atoms with Gasteiger partial charge in [0.1, 0.15) is 5.75 Å². The second-order valence-electron chi connectivity index (χ2n) is 5.89. The zero-order valence-electron chi connectivity index (χ0n) is 12.6. The van der Waals surface area contributed by atoms with Gasteiger partial charge in [-0.05, 0) is 26.0 Å². The van der Waals surface area contributed by atoms with E-state index in [9.17, 15) is 19.5 Å². The number of nitrogens with one attached hydrogen (secondary N) is 1. The molecule has 2 atom stereocenters. The van der Waals surface area contributed by atoms with Gasteiger partial charge < -0.3 is 9.84 Å². The molecular weight excluding hydrogens is 320 g/mol. The number of hydrogen-bond donors (Lipinski definition) is 2. The van der Waals surface area contributed by atoms with Crippen LogP contribution in [-0.2, 0) is 9.59 Å². The SMILES string of the molecule is CC1(C)S[C@@H]2CC(=O)N2[C@@]1(NC(=O)Oc1ccccc1)C(=O)O. The number of fused-ring (bicyclic) bond motifs is 1. The van der Waals surface area contributed by atoms with E-state index >= 15 is 0 Å². The Labute approximate surface area is 137 Å². The highest BCUT2D eigenvalue weighted by molar-refractivity contribution is 8.01. The summed E-state index contributed by atoms with van der Waals surface area (Å²) in [5.41, 5.74) is -1.83. The van der Waals surface area contributed by atoms with Crippen molar-refractivity contribution in [2.75, 3.05) is 0 Å². The number of aliphatic carboxylic acids is 1. The Kier molecular flexibility index (Phi) is 3.51. The molecule has 8 heteroatoms. The second-order valence-corrected chi connectivity index (χ2v) is 7.69. The molecule has 122 valence electrons. The average Bonchev–Trinajstić information content (AvgIpc) is 2.63. The molecule has 3 rings (SSSR count). The van der Waals surface area contributed by atoms with Crippen molar-refractivity contribution >= 4 is 29.7 Å². The van der Waals surface area contributed by atoms with Crippen molar-refractivity contribution in [1.29, 1.82) is 0 Å². The van der Waals surface area contributed by atoms with Gasteiger partial charge in [-0.2, -0.15) is 0 Å². The van der Waals surface area contributed by atoms with Crippen LogP contribution in [0.15, 0.2) is 30.3 Å². The summed E-state index contributed by atoms with van der Waals surface area (Å²) in [4.78, 5) is 37.3. The number of para-hydroxylation sites is 1. The number of carboxylic acids is 1. The molecular formula is C15H16N2O5S. The van der Waals surface area contributed by atoms with E-state index in [4.69, 9.17) is 4.74 Å². The number of ether oxygens (including phenoxy) is 1. The summed E-state index contributed by atoms with van der Waals surface area (Å²) in [7, 11) is 0. The lowest BCUT2D eigenvalue weighted by Crippen LogP contribution is -2.75. The average molecular weight is 336 g/mol. The summed E-state index contributed by atoms with van der Waals surface area (Å²) in [6.45, 7) is 3.39. The molecule has 1 aromatic carbocycles. The molecule has 7 nitrogen and oxygen atoms in total. The minimum atomic E-state index is -1.83. The lowest BCUT2D eigenvalue weighted by molar-refractivity contribution is -0.170. The summed E-state index contributed by atoms with van der Waals surface area (Å²) < 4.78 is 4.23. The number of carbonyl (C=O) groups excluding carboxylic acids is 2. The maximum absolute atomic E-state index is 12.2. The number of nitrogens with zero attached hydrogens (tertiary/aromatic N) is 1. The molecule has 23 heavy (non-hydrogen) atoms. The number of carbonyl (C=O) groups is 3. The highest BCUT2D eigenvalue weighted by Crippen LogP contribution is 2.55. The molecule has 2 N–H and O–H groups in total. The van der Waals surface area contributed by atoms with Crippen molar-refractivity contribution in [3.8, 4) is 5.75 Å². The fourth-order valence-electron chi connectivity index (χ4n) is 2.99. The van der Waals surface area contributed by atoms with Gasteiger partial charge >= 0.3 is 12.1 Å². The molecule has 2 aliphatic heterocycles. The smallest absolute Gasteiger partial charge is 0.414 e. The number of amides is 2. The van der Waals surface area contributed by atoms with Gasteiger partial charge in [0.25, 0.3) is 0 Å². The predicted octanol–water partition coefficient (Wildman–Crippen LogP) is 1.64. The molecule has 2 fully saturated rings. The molecule has 0 bridgehead atoms. The third-order valence-corrected chi connectivity index (χ3v) is 5.65.